The molecule has 1 aromatic heterocycles. The number of nitrogens with zero attached hydrogens (tertiary/aromatic N) is 4. The summed E-state index contributed by atoms with van der Waals surface area (Å²) in [6, 6.07) is 2.40. The third kappa shape index (κ3) is 15.9. The molecule has 0 radical (unpaired) electrons. The Morgan fingerprint density at radius 1 is 1.04 bits per heavy atom. The van der Waals surface area contributed by atoms with Gasteiger partial charge < -0.3 is 25.5 Å². The van der Waals surface area contributed by atoms with E-state index in [4.69, 9.17) is 10.2 Å². The zero-order valence-electron chi connectivity index (χ0n) is 30.5. The van der Waals surface area contributed by atoms with Gasteiger partial charge in [0.2, 0.25) is 0 Å². The maximum absolute atomic E-state index is 10.9. The van der Waals surface area contributed by atoms with Crippen molar-refractivity contribution in [2.24, 2.45) is 0 Å². The number of carbonyl (C=O) groups is 1. The van der Waals surface area contributed by atoms with Gasteiger partial charge in [-0.25, -0.2) is 4.98 Å². The molecule has 1 aromatic rings. The number of aliphatic hydroxyl groups is 2. The SMILES string of the molecule is CC.CC.CC(C)=C/C=C(\C)CN1CCC(N2CCN(c3ncc(C=O)cc3O)C(C)C2)CC1.CC/C(O)=C(O)\C=C/CCNC. The number of nitrogens with one attached hydrogen (secondary N) is 1. The summed E-state index contributed by atoms with van der Waals surface area (Å²) in [6.45, 7) is 25.5. The van der Waals surface area contributed by atoms with Crippen LogP contribution in [0.5, 0.6) is 5.75 Å². The fraction of sp³-hybridized carbons (Fsp3) is 0.622. The molecular weight excluding hydrogens is 578 g/mol. The van der Waals surface area contributed by atoms with Gasteiger partial charge in [0.05, 0.1) is 0 Å². The van der Waals surface area contributed by atoms with Crippen molar-refractivity contribution in [3.05, 3.63) is 64.8 Å². The Balaban J connectivity index is 0.00000107. The molecule has 2 aliphatic heterocycles. The zero-order valence-corrected chi connectivity index (χ0v) is 30.5. The van der Waals surface area contributed by atoms with Gasteiger partial charge in [0, 0.05) is 56.4 Å². The van der Waals surface area contributed by atoms with Crippen LogP contribution in [0.2, 0.25) is 0 Å². The average molecular weight is 644 g/mol. The van der Waals surface area contributed by atoms with E-state index in [9.17, 15) is 9.90 Å². The zero-order chi connectivity index (χ0) is 35.1. The van der Waals surface area contributed by atoms with E-state index in [1.165, 1.54) is 42.3 Å². The van der Waals surface area contributed by atoms with Crippen molar-refractivity contribution in [3.63, 3.8) is 0 Å². The van der Waals surface area contributed by atoms with E-state index in [1.807, 2.05) is 40.8 Å². The number of aldehydes is 1. The smallest absolute Gasteiger partial charge is 0.171 e. The summed E-state index contributed by atoms with van der Waals surface area (Å²) in [6.07, 6.45) is 13.7. The van der Waals surface area contributed by atoms with Gasteiger partial charge >= 0.3 is 0 Å². The lowest BCUT2D eigenvalue weighted by Crippen LogP contribution is -2.57. The second-order valence-electron chi connectivity index (χ2n) is 11.5. The molecule has 2 fully saturated rings. The molecule has 0 aliphatic carbocycles. The van der Waals surface area contributed by atoms with Crippen molar-refractivity contribution < 1.29 is 20.1 Å². The van der Waals surface area contributed by atoms with E-state index in [-0.39, 0.29) is 23.3 Å². The molecule has 1 unspecified atom stereocenters. The first-order valence-electron chi connectivity index (χ1n) is 17.2. The number of allylic oxidation sites excluding steroid dienone is 5. The molecule has 0 spiro atoms. The summed E-state index contributed by atoms with van der Waals surface area (Å²) in [5, 5.41) is 31.4. The van der Waals surface area contributed by atoms with Gasteiger partial charge in [0.25, 0.3) is 0 Å². The lowest BCUT2D eigenvalue weighted by molar-refractivity contribution is 0.0971. The normalized spacial score (nSPS) is 18.3. The third-order valence-electron chi connectivity index (χ3n) is 7.65. The van der Waals surface area contributed by atoms with Crippen molar-refractivity contribution in [1.29, 1.82) is 0 Å². The van der Waals surface area contributed by atoms with E-state index in [1.54, 1.807) is 6.92 Å². The highest BCUT2D eigenvalue weighted by Crippen LogP contribution is 2.29. The Bertz CT molecular complexity index is 1100. The lowest BCUT2D eigenvalue weighted by atomic mass is 10.00. The number of piperidine rings is 1. The summed E-state index contributed by atoms with van der Waals surface area (Å²) in [4.78, 5) is 22.6. The topological polar surface area (TPSA) is 112 Å². The average Bonchev–Trinajstić information content (AvgIpc) is 3.08. The largest absolute Gasteiger partial charge is 0.508 e. The van der Waals surface area contributed by atoms with Crippen LogP contribution in [0.3, 0.4) is 0 Å². The number of likely N-dealkylation sites (tertiary alicyclic amines) is 1. The predicted octanol–water partition coefficient (Wildman–Crippen LogP) is 7.43. The Labute approximate surface area is 280 Å². The fourth-order valence-electron chi connectivity index (χ4n) is 5.24. The summed E-state index contributed by atoms with van der Waals surface area (Å²) in [7, 11) is 1.87. The van der Waals surface area contributed by atoms with Crippen LogP contribution in [0.4, 0.5) is 5.82 Å². The van der Waals surface area contributed by atoms with Crippen LogP contribution < -0.4 is 10.2 Å². The molecule has 2 saturated heterocycles. The third-order valence-corrected chi connectivity index (χ3v) is 7.65. The van der Waals surface area contributed by atoms with E-state index in [2.05, 4.69) is 64.8 Å². The molecule has 3 rings (SSSR count). The number of anilines is 1. The maximum Gasteiger partial charge on any atom is 0.171 e. The van der Waals surface area contributed by atoms with Crippen LogP contribution in [-0.4, -0.2) is 101 Å². The molecule has 0 saturated carbocycles. The van der Waals surface area contributed by atoms with Crippen LogP contribution in [0.1, 0.15) is 98.4 Å². The fourth-order valence-corrected chi connectivity index (χ4v) is 5.24. The first-order valence-corrected chi connectivity index (χ1v) is 17.2. The monoisotopic (exact) mass is 644 g/mol. The number of carbonyl (C=O) groups excluding carboxylic acids is 1. The molecular formula is C37H65N5O4. The molecule has 9 nitrogen and oxygen atoms in total. The van der Waals surface area contributed by atoms with Crippen molar-refractivity contribution >= 4 is 12.1 Å². The Kier molecular flexibility index (Phi) is 23.3. The first-order chi connectivity index (χ1) is 22.1. The number of hydrogen-bond acceptors (Lipinski definition) is 9. The summed E-state index contributed by atoms with van der Waals surface area (Å²) < 4.78 is 0. The Hall–Kier alpha value is -3.14. The standard InChI is InChI=1S/C24H36N4O2.C9H17NO2.2C2H6/c1-18(2)5-6-19(3)15-26-9-7-22(8-10-26)27-11-12-28(20(4)16-27)24-23(30)13-21(17-29)14-25-24;1-3-8(11)9(12)6-4-5-7-10-2;2*1-2/h5-6,13-14,17,20,22,30H,7-12,15-16H2,1-4H3;4,6,10-12H,3,5,7H2,1-2H3;2*1-2H3/b19-6+;6-4-,9-8-;;. The highest BCUT2D eigenvalue weighted by atomic mass is 16.3. The Morgan fingerprint density at radius 2 is 1.70 bits per heavy atom. The van der Waals surface area contributed by atoms with E-state index >= 15 is 0 Å². The minimum absolute atomic E-state index is 0.0337. The quantitative estimate of drug-likeness (QED) is 0.0846. The molecule has 0 bridgehead atoms. The number of piperazine rings is 1. The molecule has 262 valence electrons. The second kappa shape index (κ2) is 25.0. The van der Waals surface area contributed by atoms with Crippen LogP contribution in [0, 0.1) is 0 Å². The molecule has 3 heterocycles. The molecule has 1 atom stereocenters. The molecule has 0 aromatic carbocycles. The van der Waals surface area contributed by atoms with Gasteiger partial charge in [-0.1, -0.05) is 64.0 Å². The van der Waals surface area contributed by atoms with Crippen LogP contribution in [0.15, 0.2) is 59.2 Å². The lowest BCUT2D eigenvalue weighted by Gasteiger charge is -2.46. The second-order valence-corrected chi connectivity index (χ2v) is 11.5. The van der Waals surface area contributed by atoms with Gasteiger partial charge in [-0.3, -0.25) is 14.6 Å². The summed E-state index contributed by atoms with van der Waals surface area (Å²) in [5.41, 5.74) is 3.16. The van der Waals surface area contributed by atoms with Crippen molar-refractivity contribution in [2.75, 3.05) is 57.8 Å². The highest BCUT2D eigenvalue weighted by Gasteiger charge is 2.32. The van der Waals surface area contributed by atoms with E-state index < -0.39 is 0 Å². The number of hydrogen-bond donors (Lipinski definition) is 4. The summed E-state index contributed by atoms with van der Waals surface area (Å²) >= 11 is 0. The van der Waals surface area contributed by atoms with Gasteiger partial charge in [-0.15, -0.1) is 0 Å². The molecule has 4 N–H and O–H groups in total. The molecule has 0 amide bonds. The summed E-state index contributed by atoms with van der Waals surface area (Å²) in [5.74, 6) is 0.676. The number of pyridine rings is 1. The molecule has 46 heavy (non-hydrogen) atoms. The van der Waals surface area contributed by atoms with Crippen molar-refractivity contribution in [3.8, 4) is 5.75 Å². The van der Waals surface area contributed by atoms with Crippen molar-refractivity contribution in [1.82, 2.24) is 20.1 Å². The van der Waals surface area contributed by atoms with Crippen LogP contribution in [-0.2, 0) is 0 Å². The van der Waals surface area contributed by atoms with Gasteiger partial charge in [0.1, 0.15) is 5.76 Å². The number of aliphatic hydroxyl groups excluding tert-OH is 2. The van der Waals surface area contributed by atoms with Crippen LogP contribution in [0.25, 0.3) is 0 Å². The molecule has 9 heteroatoms. The molecule has 2 aliphatic rings. The van der Waals surface area contributed by atoms with Gasteiger partial charge in [-0.05, 0) is 85.8 Å². The number of aromatic nitrogens is 1. The van der Waals surface area contributed by atoms with Gasteiger partial charge in [0.15, 0.2) is 23.6 Å². The number of aromatic hydroxyl groups is 1. The van der Waals surface area contributed by atoms with Crippen LogP contribution >= 0.6 is 0 Å². The highest BCUT2D eigenvalue weighted by molar-refractivity contribution is 5.76. The van der Waals surface area contributed by atoms with Crippen molar-refractivity contribution in [2.45, 2.75) is 100 Å². The van der Waals surface area contributed by atoms with E-state index in [0.717, 1.165) is 52.2 Å². The first kappa shape index (κ1) is 42.9. The minimum atomic E-state index is -0.0337. The minimum Gasteiger partial charge on any atom is -0.508 e. The maximum atomic E-state index is 10.9. The van der Waals surface area contributed by atoms with Gasteiger partial charge in [-0.2, -0.15) is 0 Å². The Morgan fingerprint density at radius 3 is 2.22 bits per heavy atom. The van der Waals surface area contributed by atoms with E-state index in [0.29, 0.717) is 30.1 Å². The number of rotatable bonds is 11. The predicted molar refractivity (Wildman–Crippen MR) is 195 cm³/mol.